The molecule has 1 heterocycles. The first-order valence-electron chi connectivity index (χ1n) is 2.05. The summed E-state index contributed by atoms with van der Waals surface area (Å²) in [6, 6.07) is 0. The molecule has 1 rings (SSSR count). The molecule has 0 aromatic carbocycles. The van der Waals surface area contributed by atoms with Gasteiger partial charge in [-0.25, -0.2) is 4.98 Å². The van der Waals surface area contributed by atoms with Gasteiger partial charge in [0.15, 0.2) is 0 Å². The summed E-state index contributed by atoms with van der Waals surface area (Å²) < 4.78 is 0. The molecule has 0 unspecified atom stereocenters. The number of hydrogen-bond donors (Lipinski definition) is 1. The van der Waals surface area contributed by atoms with Crippen LogP contribution in [-0.4, -0.2) is 9.97 Å². The first kappa shape index (κ1) is 11.3. The summed E-state index contributed by atoms with van der Waals surface area (Å²) in [6.45, 7) is 3.51. The van der Waals surface area contributed by atoms with E-state index in [1.807, 2.05) is 0 Å². The van der Waals surface area contributed by atoms with Crippen molar-refractivity contribution in [3.05, 3.63) is 24.8 Å². The average molecular weight is 167 g/mol. The summed E-state index contributed by atoms with van der Waals surface area (Å²) in [5, 5.41) is 0. The number of aromatic nitrogens is 2. The Labute approximate surface area is 66.2 Å². The van der Waals surface area contributed by atoms with Crippen molar-refractivity contribution < 1.29 is 0 Å². The molecule has 0 aliphatic rings. The van der Waals surface area contributed by atoms with Gasteiger partial charge < -0.3 is 4.98 Å². The predicted molar refractivity (Wildman–Crippen MR) is 43.2 cm³/mol. The van der Waals surface area contributed by atoms with Gasteiger partial charge in [0, 0.05) is 12.4 Å². The molecule has 1 aromatic rings. The maximum Gasteiger partial charge on any atom is 0.129 e. The summed E-state index contributed by atoms with van der Waals surface area (Å²) in [4.78, 5) is 6.72. The molecule has 9 heavy (non-hydrogen) atoms. The third kappa shape index (κ3) is 3.16. The molecule has 2 nitrogen and oxygen atoms in total. The van der Waals surface area contributed by atoms with Gasteiger partial charge in [-0.2, -0.15) is 0 Å². The highest BCUT2D eigenvalue weighted by atomic mass is 35.5. The van der Waals surface area contributed by atoms with E-state index in [-0.39, 0.29) is 24.8 Å². The summed E-state index contributed by atoms with van der Waals surface area (Å²) in [6.07, 6.45) is 5.12. The van der Waals surface area contributed by atoms with Crippen molar-refractivity contribution in [3.8, 4) is 0 Å². The molecule has 0 saturated heterocycles. The van der Waals surface area contributed by atoms with Gasteiger partial charge in [-0.05, 0) is 6.08 Å². The third-order valence-corrected chi connectivity index (χ3v) is 0.713. The lowest BCUT2D eigenvalue weighted by molar-refractivity contribution is 1.27. The summed E-state index contributed by atoms with van der Waals surface area (Å²) in [5.41, 5.74) is 0. The Balaban J connectivity index is 0. The van der Waals surface area contributed by atoms with E-state index in [2.05, 4.69) is 16.5 Å². The minimum Gasteiger partial charge on any atom is -0.345 e. The van der Waals surface area contributed by atoms with Gasteiger partial charge in [0.2, 0.25) is 0 Å². The van der Waals surface area contributed by atoms with Crippen LogP contribution in [-0.2, 0) is 0 Å². The monoisotopic (exact) mass is 166 g/mol. The Morgan fingerprint density at radius 2 is 2.22 bits per heavy atom. The van der Waals surface area contributed by atoms with Crippen molar-refractivity contribution in [2.24, 2.45) is 0 Å². The number of nitrogens with zero attached hydrogens (tertiary/aromatic N) is 1. The molecular weight excluding hydrogens is 159 g/mol. The Morgan fingerprint density at radius 3 is 2.44 bits per heavy atom. The normalized spacial score (nSPS) is 6.67. The molecule has 4 heteroatoms. The molecule has 0 saturated carbocycles. The zero-order chi connectivity index (χ0) is 5.11. The lowest BCUT2D eigenvalue weighted by Gasteiger charge is -1.73. The molecule has 1 N–H and O–H groups in total. The van der Waals surface area contributed by atoms with Gasteiger partial charge in [0.25, 0.3) is 0 Å². The minimum absolute atomic E-state index is 0. The van der Waals surface area contributed by atoms with Crippen molar-refractivity contribution in [3.63, 3.8) is 0 Å². The molecule has 0 radical (unpaired) electrons. The molecule has 52 valence electrons. The SMILES string of the molecule is C=Cc1ncc[nH]1.Cl.Cl. The third-order valence-electron chi connectivity index (χ3n) is 0.713. The first-order valence-corrected chi connectivity index (χ1v) is 2.05. The van der Waals surface area contributed by atoms with Crippen LogP contribution in [0.5, 0.6) is 0 Å². The smallest absolute Gasteiger partial charge is 0.129 e. The van der Waals surface area contributed by atoms with E-state index in [0.29, 0.717) is 0 Å². The van der Waals surface area contributed by atoms with Crippen LogP contribution < -0.4 is 0 Å². The molecule has 0 aliphatic carbocycles. The standard InChI is InChI=1S/C5H6N2.2ClH/c1-2-5-6-3-4-7-5;;/h2-4H,1H2,(H,6,7);2*1H. The van der Waals surface area contributed by atoms with Crippen LogP contribution in [0.4, 0.5) is 0 Å². The van der Waals surface area contributed by atoms with Gasteiger partial charge in [0.1, 0.15) is 5.82 Å². The highest BCUT2D eigenvalue weighted by molar-refractivity contribution is 5.85. The van der Waals surface area contributed by atoms with E-state index in [0.717, 1.165) is 5.82 Å². The van der Waals surface area contributed by atoms with E-state index in [1.54, 1.807) is 18.5 Å². The number of H-pyrrole nitrogens is 1. The molecule has 1 aromatic heterocycles. The minimum atomic E-state index is 0. The fourth-order valence-corrected chi connectivity index (χ4v) is 0.389. The summed E-state index contributed by atoms with van der Waals surface area (Å²) >= 11 is 0. The summed E-state index contributed by atoms with van der Waals surface area (Å²) in [7, 11) is 0. The van der Waals surface area contributed by atoms with Crippen molar-refractivity contribution in [2.45, 2.75) is 0 Å². The maximum atomic E-state index is 3.86. The maximum absolute atomic E-state index is 3.86. The van der Waals surface area contributed by atoms with Crippen LogP contribution >= 0.6 is 24.8 Å². The van der Waals surface area contributed by atoms with Crippen LogP contribution in [0.1, 0.15) is 5.82 Å². The number of hydrogen-bond acceptors (Lipinski definition) is 1. The fraction of sp³-hybridized carbons (Fsp3) is 0. The molecule has 0 aliphatic heterocycles. The number of rotatable bonds is 1. The zero-order valence-corrected chi connectivity index (χ0v) is 6.34. The van der Waals surface area contributed by atoms with Crippen LogP contribution in [0.3, 0.4) is 0 Å². The van der Waals surface area contributed by atoms with Gasteiger partial charge in [0.05, 0.1) is 0 Å². The summed E-state index contributed by atoms with van der Waals surface area (Å²) in [5.74, 6) is 0.819. The van der Waals surface area contributed by atoms with E-state index >= 15 is 0 Å². The Bertz CT molecular complexity index is 148. The topological polar surface area (TPSA) is 28.7 Å². The second kappa shape index (κ2) is 5.66. The lowest BCUT2D eigenvalue weighted by Crippen LogP contribution is -1.67. The van der Waals surface area contributed by atoms with E-state index < -0.39 is 0 Å². The molecular formula is C5H8Cl2N2. The number of nitrogens with one attached hydrogen (secondary N) is 1. The van der Waals surface area contributed by atoms with E-state index in [1.165, 1.54) is 0 Å². The first-order chi connectivity index (χ1) is 3.43. The Hall–Kier alpha value is -0.470. The fourth-order valence-electron chi connectivity index (χ4n) is 0.389. The van der Waals surface area contributed by atoms with E-state index in [4.69, 9.17) is 0 Å². The molecule has 0 spiro atoms. The average Bonchev–Trinajstić information content (AvgIpc) is 2.14. The van der Waals surface area contributed by atoms with Crippen LogP contribution in [0.2, 0.25) is 0 Å². The molecule has 0 amide bonds. The predicted octanol–water partition coefficient (Wildman–Crippen LogP) is 1.90. The number of aromatic amines is 1. The van der Waals surface area contributed by atoms with E-state index in [9.17, 15) is 0 Å². The van der Waals surface area contributed by atoms with Crippen LogP contribution in [0.15, 0.2) is 19.0 Å². The van der Waals surface area contributed by atoms with Crippen molar-refractivity contribution in [1.29, 1.82) is 0 Å². The highest BCUT2D eigenvalue weighted by Crippen LogP contribution is 1.85. The lowest BCUT2D eigenvalue weighted by atomic mass is 10.6. The second-order valence-corrected chi connectivity index (χ2v) is 1.18. The van der Waals surface area contributed by atoms with Crippen LogP contribution in [0, 0.1) is 0 Å². The van der Waals surface area contributed by atoms with Crippen LogP contribution in [0.25, 0.3) is 6.08 Å². The number of halogens is 2. The molecule has 0 fully saturated rings. The molecule has 0 atom stereocenters. The van der Waals surface area contributed by atoms with Crippen molar-refractivity contribution in [2.75, 3.05) is 0 Å². The van der Waals surface area contributed by atoms with Gasteiger partial charge in [-0.3, -0.25) is 0 Å². The highest BCUT2D eigenvalue weighted by Gasteiger charge is 1.78. The van der Waals surface area contributed by atoms with Crippen molar-refractivity contribution in [1.82, 2.24) is 9.97 Å². The van der Waals surface area contributed by atoms with Gasteiger partial charge in [-0.1, -0.05) is 6.58 Å². The quantitative estimate of drug-likeness (QED) is 0.679. The largest absolute Gasteiger partial charge is 0.345 e. The molecule has 0 bridgehead atoms. The Kier molecular flexibility index (Phi) is 7.14. The number of imidazole rings is 1. The van der Waals surface area contributed by atoms with Gasteiger partial charge >= 0.3 is 0 Å². The van der Waals surface area contributed by atoms with Crippen molar-refractivity contribution >= 4 is 30.9 Å². The second-order valence-electron chi connectivity index (χ2n) is 1.18. The van der Waals surface area contributed by atoms with Gasteiger partial charge in [-0.15, -0.1) is 24.8 Å². The Morgan fingerprint density at radius 1 is 1.56 bits per heavy atom. The zero-order valence-electron chi connectivity index (χ0n) is 4.70.